The second-order valence-electron chi connectivity index (χ2n) is 5.47. The summed E-state index contributed by atoms with van der Waals surface area (Å²) in [7, 11) is -1.63. The van der Waals surface area contributed by atoms with E-state index in [9.17, 15) is 0 Å². The number of aliphatic hydroxyl groups is 1. The van der Waals surface area contributed by atoms with Gasteiger partial charge in [0.25, 0.3) is 0 Å². The lowest BCUT2D eigenvalue weighted by atomic mass is 10.2. The van der Waals surface area contributed by atoms with Gasteiger partial charge in [0.15, 0.2) is 8.32 Å². The van der Waals surface area contributed by atoms with Gasteiger partial charge >= 0.3 is 0 Å². The highest BCUT2D eigenvalue weighted by Gasteiger charge is 2.43. The Kier molecular flexibility index (Phi) is 3.41. The Balaban J connectivity index is 2.31. The minimum Gasteiger partial charge on any atom is -0.414 e. The van der Waals surface area contributed by atoms with Crippen LogP contribution in [-0.4, -0.2) is 38.8 Å². The molecule has 0 aromatic rings. The highest BCUT2D eigenvalue weighted by Crippen LogP contribution is 2.37. The predicted molar refractivity (Wildman–Crippen MR) is 58.9 cm³/mol. The van der Waals surface area contributed by atoms with E-state index in [4.69, 9.17) is 14.3 Å². The maximum atomic E-state index is 8.80. The van der Waals surface area contributed by atoms with Gasteiger partial charge in [0.2, 0.25) is 0 Å². The van der Waals surface area contributed by atoms with Crippen LogP contribution in [0, 0.1) is 0 Å². The molecule has 0 aliphatic carbocycles. The van der Waals surface area contributed by atoms with Crippen molar-refractivity contribution in [1.29, 1.82) is 0 Å². The van der Waals surface area contributed by atoms with Crippen LogP contribution in [-0.2, 0) is 9.16 Å². The van der Waals surface area contributed by atoms with E-state index in [2.05, 4.69) is 33.9 Å². The Morgan fingerprint density at radius 2 is 1.86 bits per heavy atom. The summed E-state index contributed by atoms with van der Waals surface area (Å²) in [6.07, 6.45) is 0.161. The zero-order chi connectivity index (χ0) is 11.0. The number of rotatable bonds is 4. The van der Waals surface area contributed by atoms with Gasteiger partial charge in [-0.25, -0.2) is 0 Å². The van der Waals surface area contributed by atoms with Gasteiger partial charge in [0.05, 0.1) is 13.2 Å². The van der Waals surface area contributed by atoms with Crippen LogP contribution in [0.25, 0.3) is 0 Å². The summed E-state index contributed by atoms with van der Waals surface area (Å²) in [5.74, 6) is 0. The van der Waals surface area contributed by atoms with Crippen LogP contribution in [0.2, 0.25) is 18.1 Å². The first kappa shape index (κ1) is 12.2. The van der Waals surface area contributed by atoms with Crippen molar-refractivity contribution in [3.05, 3.63) is 0 Å². The van der Waals surface area contributed by atoms with Crippen LogP contribution < -0.4 is 0 Å². The highest BCUT2D eigenvalue weighted by atomic mass is 28.4. The fourth-order valence-electron chi connectivity index (χ4n) is 0.993. The number of aliphatic hydroxyl groups excluding tert-OH is 1. The minimum atomic E-state index is -1.63. The molecule has 0 aromatic carbocycles. The van der Waals surface area contributed by atoms with Crippen molar-refractivity contribution < 1.29 is 14.3 Å². The van der Waals surface area contributed by atoms with E-state index in [0.717, 1.165) is 0 Å². The molecule has 0 radical (unpaired) electrons. The molecule has 1 aliphatic heterocycles. The molecule has 0 amide bonds. The second-order valence-corrected chi connectivity index (χ2v) is 10.3. The normalized spacial score (nSPS) is 27.9. The number of ether oxygens (including phenoxy) is 1. The monoisotopic (exact) mass is 218 g/mol. The molecule has 1 fully saturated rings. The van der Waals surface area contributed by atoms with Gasteiger partial charge in [-0.1, -0.05) is 20.8 Å². The molecule has 0 bridgehead atoms. The first-order valence-electron chi connectivity index (χ1n) is 5.18. The molecule has 14 heavy (non-hydrogen) atoms. The van der Waals surface area contributed by atoms with Crippen molar-refractivity contribution in [3.8, 4) is 0 Å². The summed E-state index contributed by atoms with van der Waals surface area (Å²) in [6, 6.07) is 0. The number of hydrogen-bond acceptors (Lipinski definition) is 3. The van der Waals surface area contributed by atoms with Crippen molar-refractivity contribution in [2.24, 2.45) is 0 Å². The van der Waals surface area contributed by atoms with E-state index < -0.39 is 8.32 Å². The van der Waals surface area contributed by atoms with E-state index in [1.807, 2.05) is 0 Å². The minimum absolute atomic E-state index is 0.0276. The molecule has 3 nitrogen and oxygen atoms in total. The molecular formula is C10H22O3Si. The summed E-state index contributed by atoms with van der Waals surface area (Å²) in [6.45, 7) is 11.9. The summed E-state index contributed by atoms with van der Waals surface area (Å²) in [5.41, 5.74) is 0. The first-order chi connectivity index (χ1) is 6.28. The van der Waals surface area contributed by atoms with Crippen LogP contribution in [0.15, 0.2) is 0 Å². The maximum absolute atomic E-state index is 8.80. The Labute approximate surface area is 87.5 Å². The average Bonchev–Trinajstić information content (AvgIpc) is 2.77. The lowest BCUT2D eigenvalue weighted by molar-refractivity contribution is 0.227. The lowest BCUT2D eigenvalue weighted by Gasteiger charge is -2.35. The van der Waals surface area contributed by atoms with Crippen molar-refractivity contribution in [2.75, 3.05) is 13.2 Å². The van der Waals surface area contributed by atoms with Gasteiger partial charge in [-0.05, 0) is 18.1 Å². The molecule has 84 valence electrons. The SMILES string of the molecule is CC(C)(C)[Si](C)(C)OC[C@@H]1O[C@@H]1CO. The molecule has 0 aromatic heterocycles. The van der Waals surface area contributed by atoms with Crippen molar-refractivity contribution in [2.45, 2.75) is 51.1 Å². The lowest BCUT2D eigenvalue weighted by Crippen LogP contribution is -2.41. The Morgan fingerprint density at radius 3 is 2.21 bits per heavy atom. The summed E-state index contributed by atoms with van der Waals surface area (Å²) >= 11 is 0. The number of epoxide rings is 1. The second kappa shape index (κ2) is 3.93. The highest BCUT2D eigenvalue weighted by molar-refractivity contribution is 6.74. The van der Waals surface area contributed by atoms with Gasteiger partial charge < -0.3 is 14.3 Å². The van der Waals surface area contributed by atoms with Crippen LogP contribution in [0.5, 0.6) is 0 Å². The van der Waals surface area contributed by atoms with Crippen molar-refractivity contribution in [1.82, 2.24) is 0 Å². The van der Waals surface area contributed by atoms with Crippen LogP contribution >= 0.6 is 0 Å². The summed E-state index contributed by atoms with van der Waals surface area (Å²) < 4.78 is 11.2. The van der Waals surface area contributed by atoms with Gasteiger partial charge in [0, 0.05) is 0 Å². The third-order valence-corrected chi connectivity index (χ3v) is 7.78. The van der Waals surface area contributed by atoms with Gasteiger partial charge in [-0.15, -0.1) is 0 Å². The topological polar surface area (TPSA) is 42.0 Å². The molecule has 1 aliphatic rings. The number of hydrogen-bond donors (Lipinski definition) is 1. The fourth-order valence-corrected chi connectivity index (χ4v) is 2.01. The Bertz CT molecular complexity index is 198. The van der Waals surface area contributed by atoms with E-state index in [1.165, 1.54) is 0 Å². The quantitative estimate of drug-likeness (QED) is 0.577. The largest absolute Gasteiger partial charge is 0.414 e. The molecular weight excluding hydrogens is 196 g/mol. The maximum Gasteiger partial charge on any atom is 0.192 e. The molecule has 0 spiro atoms. The molecule has 4 heteroatoms. The zero-order valence-corrected chi connectivity index (χ0v) is 10.8. The van der Waals surface area contributed by atoms with Gasteiger partial charge in [-0.3, -0.25) is 0 Å². The third-order valence-electron chi connectivity index (χ3n) is 3.28. The van der Waals surface area contributed by atoms with E-state index in [1.54, 1.807) is 0 Å². The zero-order valence-electron chi connectivity index (χ0n) is 9.83. The molecule has 0 saturated carbocycles. The van der Waals surface area contributed by atoms with Gasteiger partial charge in [-0.2, -0.15) is 0 Å². The molecule has 1 rings (SSSR count). The summed E-state index contributed by atoms with van der Waals surface area (Å²) in [4.78, 5) is 0. The smallest absolute Gasteiger partial charge is 0.192 e. The Hall–Kier alpha value is 0.0969. The predicted octanol–water partition coefficient (Wildman–Crippen LogP) is 1.77. The molecule has 0 unspecified atom stereocenters. The van der Waals surface area contributed by atoms with Crippen molar-refractivity contribution >= 4 is 8.32 Å². The van der Waals surface area contributed by atoms with Crippen LogP contribution in [0.4, 0.5) is 0 Å². The summed E-state index contributed by atoms with van der Waals surface area (Å²) in [5, 5.41) is 9.04. The average molecular weight is 218 g/mol. The molecule has 1 N–H and O–H groups in total. The van der Waals surface area contributed by atoms with Gasteiger partial charge in [0.1, 0.15) is 12.2 Å². The third kappa shape index (κ3) is 2.79. The first-order valence-corrected chi connectivity index (χ1v) is 8.09. The van der Waals surface area contributed by atoms with Crippen LogP contribution in [0.3, 0.4) is 0 Å². The Morgan fingerprint density at radius 1 is 1.29 bits per heavy atom. The standard InChI is InChI=1S/C10H22O3Si/c1-10(2,3)14(4,5)12-7-9-8(6-11)13-9/h8-9,11H,6-7H2,1-5H3/t8-,9+/m1/s1. The fraction of sp³-hybridized carbons (Fsp3) is 1.00. The van der Waals surface area contributed by atoms with Crippen LogP contribution in [0.1, 0.15) is 20.8 Å². The van der Waals surface area contributed by atoms with E-state index in [0.29, 0.717) is 6.61 Å². The van der Waals surface area contributed by atoms with E-state index >= 15 is 0 Å². The van der Waals surface area contributed by atoms with E-state index in [-0.39, 0.29) is 23.9 Å². The van der Waals surface area contributed by atoms with Crippen molar-refractivity contribution in [3.63, 3.8) is 0 Å². The molecule has 1 saturated heterocycles. The molecule has 1 heterocycles. The molecule has 2 atom stereocenters.